The highest BCUT2D eigenvalue weighted by molar-refractivity contribution is 7.13. The molecule has 5 atom stereocenters. The van der Waals surface area contributed by atoms with Crippen molar-refractivity contribution in [2.75, 3.05) is 11.9 Å². The van der Waals surface area contributed by atoms with Gasteiger partial charge in [-0.1, -0.05) is 6.07 Å². The summed E-state index contributed by atoms with van der Waals surface area (Å²) in [5, 5.41) is 35.6. The van der Waals surface area contributed by atoms with Crippen LogP contribution >= 0.6 is 11.3 Å². The summed E-state index contributed by atoms with van der Waals surface area (Å²) in [6, 6.07) is 10.3. The van der Waals surface area contributed by atoms with Crippen molar-refractivity contribution in [3.8, 4) is 10.4 Å². The Kier molecular flexibility index (Phi) is 5.22. The van der Waals surface area contributed by atoms with Gasteiger partial charge in [0.05, 0.1) is 24.3 Å². The molecule has 148 valence electrons. The van der Waals surface area contributed by atoms with Crippen LogP contribution < -0.4 is 10.9 Å². The lowest BCUT2D eigenvalue weighted by Gasteiger charge is -2.41. The number of thiophene rings is 1. The summed E-state index contributed by atoms with van der Waals surface area (Å²) in [6.45, 7) is 1.38. The number of anilines is 1. The lowest BCUT2D eigenvalue weighted by Crippen LogP contribution is -2.60. The first kappa shape index (κ1) is 19.1. The first-order chi connectivity index (χ1) is 13.5. The van der Waals surface area contributed by atoms with Crippen molar-refractivity contribution in [2.45, 2.75) is 37.4 Å². The van der Waals surface area contributed by atoms with Gasteiger partial charge >= 0.3 is 5.63 Å². The SMILES string of the molecule is CC1OC(CO)C(O)C(O)C1Nc1ccc2cc(-c3cccs3)c(=O)oc2c1. The fourth-order valence-electron chi connectivity index (χ4n) is 3.50. The lowest BCUT2D eigenvalue weighted by molar-refractivity contribution is -0.180. The predicted octanol–water partition coefficient (Wildman–Crippen LogP) is 1.80. The summed E-state index contributed by atoms with van der Waals surface area (Å²) >= 11 is 1.47. The minimum atomic E-state index is -1.20. The minimum Gasteiger partial charge on any atom is -0.422 e. The second-order valence-corrected chi connectivity index (χ2v) is 7.84. The molecular weight excluding hydrogens is 382 g/mol. The molecule has 0 aliphatic carbocycles. The van der Waals surface area contributed by atoms with E-state index in [2.05, 4.69) is 5.32 Å². The zero-order chi connectivity index (χ0) is 19.8. The first-order valence-electron chi connectivity index (χ1n) is 8.98. The number of fused-ring (bicyclic) bond motifs is 1. The normalized spacial score (nSPS) is 27.8. The number of rotatable bonds is 4. The molecule has 28 heavy (non-hydrogen) atoms. The van der Waals surface area contributed by atoms with E-state index in [0.29, 0.717) is 16.8 Å². The van der Waals surface area contributed by atoms with Crippen LogP contribution in [0.4, 0.5) is 5.69 Å². The molecule has 0 amide bonds. The highest BCUT2D eigenvalue weighted by Crippen LogP contribution is 2.28. The first-order valence-corrected chi connectivity index (χ1v) is 9.86. The Balaban J connectivity index is 1.62. The maximum absolute atomic E-state index is 12.4. The van der Waals surface area contributed by atoms with Crippen molar-refractivity contribution in [3.05, 3.63) is 52.2 Å². The number of hydrogen-bond donors (Lipinski definition) is 4. The Hall–Kier alpha value is -2.23. The van der Waals surface area contributed by atoms with Gasteiger partial charge in [0.1, 0.15) is 23.9 Å². The molecule has 4 N–H and O–H groups in total. The van der Waals surface area contributed by atoms with Gasteiger partial charge in [-0.2, -0.15) is 0 Å². The summed E-state index contributed by atoms with van der Waals surface area (Å²) in [5.74, 6) is 0. The van der Waals surface area contributed by atoms with E-state index in [1.807, 2.05) is 29.6 Å². The van der Waals surface area contributed by atoms with Gasteiger partial charge in [-0.05, 0) is 36.6 Å². The highest BCUT2D eigenvalue weighted by atomic mass is 32.1. The Morgan fingerprint density at radius 1 is 1.18 bits per heavy atom. The average Bonchev–Trinajstić information content (AvgIpc) is 3.22. The topological polar surface area (TPSA) is 112 Å². The summed E-state index contributed by atoms with van der Waals surface area (Å²) < 4.78 is 11.1. The average molecular weight is 403 g/mol. The van der Waals surface area contributed by atoms with Crippen molar-refractivity contribution < 1.29 is 24.5 Å². The second kappa shape index (κ2) is 7.65. The lowest BCUT2D eigenvalue weighted by atomic mass is 9.93. The van der Waals surface area contributed by atoms with Crippen LogP contribution in [0.3, 0.4) is 0 Å². The Bertz CT molecular complexity index is 1020. The standard InChI is InChI=1S/C20H21NO6S/c1-10-17(19(24)18(23)15(9-22)26-10)21-12-5-4-11-7-13(16-3-2-6-28-16)20(25)27-14(11)8-12/h2-8,10,15,17-19,21-24H,9H2,1H3. The third kappa shape index (κ3) is 3.45. The zero-order valence-electron chi connectivity index (χ0n) is 15.1. The van der Waals surface area contributed by atoms with Gasteiger partial charge in [0.15, 0.2) is 0 Å². The minimum absolute atomic E-state index is 0.372. The summed E-state index contributed by atoms with van der Waals surface area (Å²) in [4.78, 5) is 13.2. The van der Waals surface area contributed by atoms with E-state index in [1.165, 1.54) is 11.3 Å². The summed E-state index contributed by atoms with van der Waals surface area (Å²) in [7, 11) is 0. The quantitative estimate of drug-likeness (QED) is 0.492. The van der Waals surface area contributed by atoms with E-state index in [9.17, 15) is 20.1 Å². The van der Waals surface area contributed by atoms with Crippen LogP contribution in [0.5, 0.6) is 0 Å². The summed E-state index contributed by atoms with van der Waals surface area (Å²) in [5.41, 5.74) is 1.14. The number of nitrogens with one attached hydrogen (secondary N) is 1. The molecule has 0 bridgehead atoms. The van der Waals surface area contributed by atoms with Crippen molar-refractivity contribution in [2.24, 2.45) is 0 Å². The van der Waals surface area contributed by atoms with E-state index in [0.717, 1.165) is 10.3 Å². The number of benzene rings is 1. The van der Waals surface area contributed by atoms with E-state index in [1.54, 1.807) is 19.1 Å². The largest absolute Gasteiger partial charge is 0.422 e. The Morgan fingerprint density at radius 2 is 2.00 bits per heavy atom. The van der Waals surface area contributed by atoms with Crippen LogP contribution in [-0.4, -0.2) is 52.4 Å². The Labute approximate surface area is 164 Å². The molecule has 7 nitrogen and oxygen atoms in total. The van der Waals surface area contributed by atoms with Crippen molar-refractivity contribution in [1.82, 2.24) is 0 Å². The van der Waals surface area contributed by atoms with Crippen LogP contribution in [-0.2, 0) is 4.74 Å². The van der Waals surface area contributed by atoms with Crippen LogP contribution in [0.15, 0.2) is 51.0 Å². The molecule has 0 spiro atoms. The summed E-state index contributed by atoms with van der Waals surface area (Å²) in [6.07, 6.45) is -3.59. The molecule has 2 aromatic heterocycles. The molecule has 0 radical (unpaired) electrons. The molecule has 8 heteroatoms. The maximum Gasteiger partial charge on any atom is 0.345 e. The number of aliphatic hydroxyl groups excluding tert-OH is 3. The van der Waals surface area contributed by atoms with Crippen molar-refractivity contribution in [3.63, 3.8) is 0 Å². The van der Waals surface area contributed by atoms with Gasteiger partial charge in [0, 0.05) is 22.0 Å². The van der Waals surface area contributed by atoms with Gasteiger partial charge in [0.2, 0.25) is 0 Å². The van der Waals surface area contributed by atoms with Crippen LogP contribution in [0, 0.1) is 0 Å². The van der Waals surface area contributed by atoms with E-state index < -0.39 is 36.1 Å². The van der Waals surface area contributed by atoms with Gasteiger partial charge in [-0.3, -0.25) is 0 Å². The molecular formula is C20H21NO6S. The van der Waals surface area contributed by atoms with E-state index in [-0.39, 0.29) is 6.61 Å². The smallest absolute Gasteiger partial charge is 0.345 e. The molecule has 1 aliphatic heterocycles. The molecule has 1 aliphatic rings. The third-order valence-corrected chi connectivity index (χ3v) is 5.93. The maximum atomic E-state index is 12.4. The highest BCUT2D eigenvalue weighted by Gasteiger charge is 2.42. The third-order valence-electron chi connectivity index (χ3n) is 5.03. The van der Waals surface area contributed by atoms with Gasteiger partial charge in [-0.15, -0.1) is 11.3 Å². The Morgan fingerprint density at radius 3 is 2.71 bits per heavy atom. The van der Waals surface area contributed by atoms with E-state index in [4.69, 9.17) is 9.15 Å². The van der Waals surface area contributed by atoms with Crippen molar-refractivity contribution in [1.29, 1.82) is 0 Å². The van der Waals surface area contributed by atoms with Gasteiger partial charge in [0.25, 0.3) is 0 Å². The van der Waals surface area contributed by atoms with Gasteiger partial charge in [-0.25, -0.2) is 4.79 Å². The van der Waals surface area contributed by atoms with Gasteiger partial charge < -0.3 is 29.8 Å². The predicted molar refractivity (Wildman–Crippen MR) is 107 cm³/mol. The molecule has 3 aromatic rings. The monoisotopic (exact) mass is 403 g/mol. The molecule has 0 saturated carbocycles. The second-order valence-electron chi connectivity index (χ2n) is 6.89. The van der Waals surface area contributed by atoms with E-state index >= 15 is 0 Å². The fourth-order valence-corrected chi connectivity index (χ4v) is 4.23. The van der Waals surface area contributed by atoms with Crippen molar-refractivity contribution >= 4 is 28.0 Å². The number of ether oxygens (including phenoxy) is 1. The molecule has 1 saturated heterocycles. The molecule has 5 unspecified atom stereocenters. The van der Waals surface area contributed by atoms with Crippen LogP contribution in [0.1, 0.15) is 6.92 Å². The molecule has 3 heterocycles. The van der Waals surface area contributed by atoms with Crippen LogP contribution in [0.2, 0.25) is 0 Å². The fraction of sp³-hybridized carbons (Fsp3) is 0.350. The number of aliphatic hydroxyl groups is 3. The van der Waals surface area contributed by atoms with Crippen LogP contribution in [0.25, 0.3) is 21.4 Å². The molecule has 1 fully saturated rings. The molecule has 4 rings (SSSR count). The molecule has 1 aromatic carbocycles. The zero-order valence-corrected chi connectivity index (χ0v) is 15.9. The number of hydrogen-bond acceptors (Lipinski definition) is 8.